The Labute approximate surface area is 174 Å². The Balaban J connectivity index is 1.41. The van der Waals surface area contributed by atoms with Crippen molar-refractivity contribution in [2.24, 2.45) is 13.0 Å². The van der Waals surface area contributed by atoms with Gasteiger partial charge >= 0.3 is 0 Å². The molecule has 4 rings (SSSR count). The average Bonchev–Trinajstić information content (AvgIpc) is 2.93. The fourth-order valence-corrected chi connectivity index (χ4v) is 4.39. The number of nitrogens with zero attached hydrogens (tertiary/aromatic N) is 3. The molecule has 2 aliphatic heterocycles. The van der Waals surface area contributed by atoms with Crippen molar-refractivity contribution in [3.8, 4) is 22.8 Å². The number of rotatable bonds is 6. The smallest absolute Gasteiger partial charge is 0.161 e. The molecular formula is C23H34N4O2. The van der Waals surface area contributed by atoms with E-state index in [-0.39, 0.29) is 0 Å². The summed E-state index contributed by atoms with van der Waals surface area (Å²) in [6, 6.07) is 6.69. The SMILES string of the molecule is CC1CCCN(C(C)CNCc2cn(C)nc2-c2ccc3c(c2)OCCCO3)C1. The Morgan fingerprint density at radius 2 is 2.03 bits per heavy atom. The van der Waals surface area contributed by atoms with Crippen LogP contribution in [-0.4, -0.2) is 53.6 Å². The molecule has 0 aliphatic carbocycles. The van der Waals surface area contributed by atoms with Gasteiger partial charge in [0, 0.05) is 56.5 Å². The summed E-state index contributed by atoms with van der Waals surface area (Å²) in [7, 11) is 1.98. The first-order valence-corrected chi connectivity index (χ1v) is 11.0. The molecule has 2 aliphatic rings. The van der Waals surface area contributed by atoms with Gasteiger partial charge in [-0.3, -0.25) is 9.58 Å². The highest BCUT2D eigenvalue weighted by molar-refractivity contribution is 5.66. The van der Waals surface area contributed by atoms with Crippen molar-refractivity contribution in [1.29, 1.82) is 0 Å². The molecule has 2 atom stereocenters. The van der Waals surface area contributed by atoms with Crippen LogP contribution in [0, 0.1) is 5.92 Å². The van der Waals surface area contributed by atoms with Gasteiger partial charge in [0.2, 0.25) is 0 Å². The van der Waals surface area contributed by atoms with Gasteiger partial charge in [0.1, 0.15) is 0 Å². The van der Waals surface area contributed by atoms with E-state index in [0.717, 1.165) is 48.2 Å². The Kier molecular flexibility index (Phi) is 6.40. The molecule has 0 saturated carbocycles. The van der Waals surface area contributed by atoms with Crippen LogP contribution >= 0.6 is 0 Å². The Bertz CT molecular complexity index is 819. The summed E-state index contributed by atoms with van der Waals surface area (Å²) >= 11 is 0. The maximum Gasteiger partial charge on any atom is 0.161 e. The lowest BCUT2D eigenvalue weighted by Crippen LogP contribution is -2.45. The third-order valence-corrected chi connectivity index (χ3v) is 5.99. The molecule has 1 saturated heterocycles. The van der Waals surface area contributed by atoms with Crippen LogP contribution in [0.15, 0.2) is 24.4 Å². The second-order valence-corrected chi connectivity index (χ2v) is 8.61. The van der Waals surface area contributed by atoms with E-state index >= 15 is 0 Å². The van der Waals surface area contributed by atoms with Gasteiger partial charge in [-0.15, -0.1) is 0 Å². The van der Waals surface area contributed by atoms with Crippen molar-refractivity contribution in [1.82, 2.24) is 20.0 Å². The number of hydrogen-bond donors (Lipinski definition) is 1. The highest BCUT2D eigenvalue weighted by Crippen LogP contribution is 2.34. The van der Waals surface area contributed by atoms with Gasteiger partial charge in [-0.2, -0.15) is 5.10 Å². The van der Waals surface area contributed by atoms with E-state index in [1.165, 1.54) is 31.5 Å². The number of piperidine rings is 1. The molecule has 6 heteroatoms. The maximum atomic E-state index is 5.86. The summed E-state index contributed by atoms with van der Waals surface area (Å²) in [5.41, 5.74) is 3.29. The fraction of sp³-hybridized carbons (Fsp3) is 0.609. The standard InChI is InChI=1S/C23H34N4O2/c1-17-6-4-9-27(15-17)18(2)13-24-14-20-16-26(3)25-23(20)19-7-8-21-22(12-19)29-11-5-10-28-21/h7-8,12,16-18,24H,4-6,9-11,13-15H2,1-3H3. The molecule has 1 aromatic heterocycles. The van der Waals surface area contributed by atoms with Crippen LogP contribution in [0.25, 0.3) is 11.3 Å². The molecule has 29 heavy (non-hydrogen) atoms. The van der Waals surface area contributed by atoms with E-state index < -0.39 is 0 Å². The number of ether oxygens (including phenoxy) is 2. The first-order valence-electron chi connectivity index (χ1n) is 11.0. The highest BCUT2D eigenvalue weighted by atomic mass is 16.5. The molecule has 0 spiro atoms. The number of likely N-dealkylation sites (tertiary alicyclic amines) is 1. The molecule has 0 radical (unpaired) electrons. The summed E-state index contributed by atoms with van der Waals surface area (Å²) in [4.78, 5) is 2.62. The molecule has 158 valence electrons. The van der Waals surface area contributed by atoms with E-state index in [4.69, 9.17) is 14.6 Å². The third-order valence-electron chi connectivity index (χ3n) is 5.99. The summed E-state index contributed by atoms with van der Waals surface area (Å²) in [5, 5.41) is 8.38. The van der Waals surface area contributed by atoms with E-state index in [0.29, 0.717) is 19.3 Å². The van der Waals surface area contributed by atoms with Crippen LogP contribution in [0.2, 0.25) is 0 Å². The second kappa shape index (κ2) is 9.18. The van der Waals surface area contributed by atoms with Gasteiger partial charge in [-0.25, -0.2) is 0 Å². The maximum absolute atomic E-state index is 5.86. The summed E-state index contributed by atoms with van der Waals surface area (Å²) in [6.07, 6.45) is 5.71. The highest BCUT2D eigenvalue weighted by Gasteiger charge is 2.21. The molecule has 1 N–H and O–H groups in total. The van der Waals surface area contributed by atoms with Crippen molar-refractivity contribution in [2.45, 2.75) is 45.7 Å². The molecule has 0 amide bonds. The topological polar surface area (TPSA) is 51.6 Å². The molecule has 0 bridgehead atoms. The summed E-state index contributed by atoms with van der Waals surface area (Å²) in [6.45, 7) is 10.3. The van der Waals surface area contributed by atoms with Crippen LogP contribution in [-0.2, 0) is 13.6 Å². The first kappa shape index (κ1) is 20.2. The van der Waals surface area contributed by atoms with E-state index in [1.54, 1.807) is 0 Å². The number of hydrogen-bond acceptors (Lipinski definition) is 5. The molecule has 6 nitrogen and oxygen atoms in total. The van der Waals surface area contributed by atoms with Crippen LogP contribution in [0.4, 0.5) is 0 Å². The third kappa shape index (κ3) is 4.93. The Morgan fingerprint density at radius 3 is 2.86 bits per heavy atom. The van der Waals surface area contributed by atoms with Crippen molar-refractivity contribution in [3.63, 3.8) is 0 Å². The van der Waals surface area contributed by atoms with Gasteiger partial charge in [-0.05, 0) is 50.4 Å². The molecule has 2 aromatic rings. The van der Waals surface area contributed by atoms with Crippen molar-refractivity contribution < 1.29 is 9.47 Å². The lowest BCUT2D eigenvalue weighted by atomic mass is 9.99. The van der Waals surface area contributed by atoms with Crippen LogP contribution < -0.4 is 14.8 Å². The predicted molar refractivity (Wildman–Crippen MR) is 115 cm³/mol. The van der Waals surface area contributed by atoms with Gasteiger partial charge < -0.3 is 14.8 Å². The van der Waals surface area contributed by atoms with Crippen LogP contribution in [0.5, 0.6) is 11.5 Å². The number of nitrogens with one attached hydrogen (secondary N) is 1. The van der Waals surface area contributed by atoms with Gasteiger partial charge in [0.25, 0.3) is 0 Å². The monoisotopic (exact) mass is 398 g/mol. The van der Waals surface area contributed by atoms with E-state index in [1.807, 2.05) is 17.8 Å². The molecule has 2 unspecified atom stereocenters. The average molecular weight is 399 g/mol. The van der Waals surface area contributed by atoms with Gasteiger partial charge in [0.05, 0.1) is 18.9 Å². The summed E-state index contributed by atoms with van der Waals surface area (Å²) < 4.78 is 13.5. The lowest BCUT2D eigenvalue weighted by Gasteiger charge is -2.35. The molecular weight excluding hydrogens is 364 g/mol. The number of aryl methyl sites for hydroxylation is 1. The lowest BCUT2D eigenvalue weighted by molar-refractivity contribution is 0.136. The zero-order chi connectivity index (χ0) is 20.2. The Morgan fingerprint density at radius 1 is 1.21 bits per heavy atom. The van der Waals surface area contributed by atoms with Gasteiger partial charge in [0.15, 0.2) is 11.5 Å². The Hall–Kier alpha value is -2.05. The molecule has 3 heterocycles. The normalized spacial score (nSPS) is 21.0. The van der Waals surface area contributed by atoms with Crippen LogP contribution in [0.3, 0.4) is 0 Å². The minimum Gasteiger partial charge on any atom is -0.490 e. The first-order chi connectivity index (χ1) is 14.1. The number of aromatic nitrogens is 2. The number of benzene rings is 1. The number of fused-ring (bicyclic) bond motifs is 1. The van der Waals surface area contributed by atoms with Crippen molar-refractivity contribution in [3.05, 3.63) is 30.0 Å². The van der Waals surface area contributed by atoms with Gasteiger partial charge in [-0.1, -0.05) is 6.92 Å². The fourth-order valence-electron chi connectivity index (χ4n) is 4.39. The van der Waals surface area contributed by atoms with E-state index in [9.17, 15) is 0 Å². The second-order valence-electron chi connectivity index (χ2n) is 8.61. The predicted octanol–water partition coefficient (Wildman–Crippen LogP) is 3.46. The molecule has 1 aromatic carbocycles. The van der Waals surface area contributed by atoms with E-state index in [2.05, 4.69) is 42.4 Å². The van der Waals surface area contributed by atoms with Crippen molar-refractivity contribution >= 4 is 0 Å². The zero-order valence-corrected chi connectivity index (χ0v) is 18.0. The minimum atomic E-state index is 0.552. The zero-order valence-electron chi connectivity index (χ0n) is 18.0. The quantitative estimate of drug-likeness (QED) is 0.808. The van der Waals surface area contributed by atoms with Crippen LogP contribution in [0.1, 0.15) is 38.7 Å². The van der Waals surface area contributed by atoms with Crippen molar-refractivity contribution in [2.75, 3.05) is 32.8 Å². The molecule has 1 fully saturated rings. The minimum absolute atomic E-state index is 0.552. The largest absolute Gasteiger partial charge is 0.490 e. The summed E-state index contributed by atoms with van der Waals surface area (Å²) in [5.74, 6) is 2.46.